The maximum absolute atomic E-state index is 11.7. The third kappa shape index (κ3) is 10.5. The number of nitrogens with one attached hydrogen (secondary N) is 2. The van der Waals surface area contributed by atoms with E-state index in [-0.39, 0.29) is 11.8 Å². The summed E-state index contributed by atoms with van der Waals surface area (Å²) in [6.45, 7) is 0. The van der Waals surface area contributed by atoms with Crippen LogP contribution in [0.5, 0.6) is 0 Å². The van der Waals surface area contributed by atoms with Crippen LogP contribution >= 0.6 is 0 Å². The molecular formula is C24H26N4O2. The van der Waals surface area contributed by atoms with E-state index >= 15 is 0 Å². The molecule has 0 unspecified atom stereocenters. The van der Waals surface area contributed by atoms with Crippen LogP contribution in [0.2, 0.25) is 0 Å². The largest absolute Gasteiger partial charge is 0.273 e. The first-order chi connectivity index (χ1) is 14.7. The van der Waals surface area contributed by atoms with Gasteiger partial charge in [-0.1, -0.05) is 72.8 Å². The average Bonchev–Trinajstić information content (AvgIpc) is 2.78. The van der Waals surface area contributed by atoms with Crippen molar-refractivity contribution in [2.75, 3.05) is 0 Å². The lowest BCUT2D eigenvalue weighted by molar-refractivity contribution is -0.123. The lowest BCUT2D eigenvalue weighted by Crippen LogP contribution is -2.18. The van der Waals surface area contributed by atoms with Crippen molar-refractivity contribution in [2.24, 2.45) is 10.2 Å². The summed E-state index contributed by atoms with van der Waals surface area (Å²) in [6.07, 6.45) is 12.2. The molecule has 2 amide bonds. The molecule has 0 aliphatic heterocycles. The number of allylic oxidation sites excluding steroid dienone is 2. The second-order valence-electron chi connectivity index (χ2n) is 6.37. The molecule has 0 fully saturated rings. The van der Waals surface area contributed by atoms with Crippen LogP contribution in [-0.4, -0.2) is 24.2 Å². The monoisotopic (exact) mass is 402 g/mol. The summed E-state index contributed by atoms with van der Waals surface area (Å²) in [5, 5.41) is 7.73. The first-order valence-corrected chi connectivity index (χ1v) is 9.81. The van der Waals surface area contributed by atoms with Gasteiger partial charge < -0.3 is 0 Å². The number of hydrogen-bond donors (Lipinski definition) is 2. The second-order valence-corrected chi connectivity index (χ2v) is 6.37. The van der Waals surface area contributed by atoms with Gasteiger partial charge in [0.05, 0.1) is 0 Å². The highest BCUT2D eigenvalue weighted by Crippen LogP contribution is 2.01. The van der Waals surface area contributed by atoms with Crippen molar-refractivity contribution in [2.45, 2.75) is 25.7 Å². The quantitative estimate of drug-likeness (QED) is 0.336. The molecule has 0 saturated heterocycles. The zero-order valence-electron chi connectivity index (χ0n) is 16.8. The number of unbranched alkanes of at least 4 members (excludes halogenated alkanes) is 1. The molecule has 154 valence electrons. The Morgan fingerprint density at radius 2 is 1.07 bits per heavy atom. The first kappa shape index (κ1) is 22.5. The van der Waals surface area contributed by atoms with E-state index in [0.29, 0.717) is 25.7 Å². The van der Waals surface area contributed by atoms with Crippen molar-refractivity contribution < 1.29 is 9.59 Å². The Bertz CT molecular complexity index is 812. The lowest BCUT2D eigenvalue weighted by atomic mass is 10.2. The molecule has 0 bridgehead atoms. The minimum atomic E-state index is -0.177. The minimum Gasteiger partial charge on any atom is -0.273 e. The van der Waals surface area contributed by atoms with Gasteiger partial charge in [0.25, 0.3) is 0 Å². The minimum absolute atomic E-state index is 0.177. The zero-order chi connectivity index (χ0) is 21.3. The predicted octanol–water partition coefficient (Wildman–Crippen LogP) is 4.18. The van der Waals surface area contributed by atoms with E-state index in [4.69, 9.17) is 0 Å². The van der Waals surface area contributed by atoms with Crippen LogP contribution in [-0.2, 0) is 9.59 Å². The predicted molar refractivity (Wildman–Crippen MR) is 123 cm³/mol. The molecule has 0 aromatic heterocycles. The number of hydrogen-bond acceptors (Lipinski definition) is 4. The van der Waals surface area contributed by atoms with Gasteiger partial charge in [-0.15, -0.1) is 0 Å². The van der Waals surface area contributed by atoms with E-state index in [9.17, 15) is 9.59 Å². The molecule has 2 aromatic rings. The molecule has 2 N–H and O–H groups in total. The van der Waals surface area contributed by atoms with Gasteiger partial charge in [0.15, 0.2) is 0 Å². The highest BCUT2D eigenvalue weighted by Gasteiger charge is 2.02. The highest BCUT2D eigenvalue weighted by atomic mass is 16.2. The van der Waals surface area contributed by atoms with Crippen molar-refractivity contribution in [3.05, 3.63) is 83.9 Å². The molecule has 0 atom stereocenters. The van der Waals surface area contributed by atoms with Gasteiger partial charge in [-0.2, -0.15) is 10.2 Å². The molecule has 30 heavy (non-hydrogen) atoms. The normalized spacial score (nSPS) is 11.6. The van der Waals surface area contributed by atoms with Crippen LogP contribution in [0.3, 0.4) is 0 Å². The van der Waals surface area contributed by atoms with Gasteiger partial charge >= 0.3 is 0 Å². The van der Waals surface area contributed by atoms with Crippen LogP contribution in [0.1, 0.15) is 36.8 Å². The first-order valence-electron chi connectivity index (χ1n) is 9.81. The summed E-state index contributed by atoms with van der Waals surface area (Å²) in [5.41, 5.74) is 7.05. The van der Waals surface area contributed by atoms with Crippen molar-refractivity contribution in [1.82, 2.24) is 10.9 Å². The third-order valence-electron chi connectivity index (χ3n) is 3.93. The SMILES string of the molecule is O=C(CCCCC(=O)N/N=C\C=C\c1ccccc1)N/N=C\C=C\c1ccccc1. The standard InChI is InChI=1S/C24H26N4O2/c29-23(27-25-19-9-15-21-11-3-1-4-12-21)17-7-8-18-24(30)28-26-20-10-16-22-13-5-2-6-14-22/h1-6,9-16,19-20H,7-8,17-18H2,(H,27,29)(H,28,30)/b15-9+,16-10+,25-19-,26-20-. The fourth-order valence-electron chi connectivity index (χ4n) is 2.42. The fourth-order valence-corrected chi connectivity index (χ4v) is 2.42. The Hall–Kier alpha value is -3.80. The van der Waals surface area contributed by atoms with E-state index in [1.54, 1.807) is 12.2 Å². The Morgan fingerprint density at radius 1 is 0.667 bits per heavy atom. The maximum Gasteiger partial charge on any atom is 0.240 e. The van der Waals surface area contributed by atoms with Crippen LogP contribution in [0, 0.1) is 0 Å². The van der Waals surface area contributed by atoms with Gasteiger partial charge in [0.2, 0.25) is 11.8 Å². The lowest BCUT2D eigenvalue weighted by Gasteiger charge is -2.00. The average molecular weight is 402 g/mol. The highest BCUT2D eigenvalue weighted by molar-refractivity contribution is 5.82. The summed E-state index contributed by atoms with van der Waals surface area (Å²) in [7, 11) is 0. The van der Waals surface area contributed by atoms with E-state index in [1.807, 2.05) is 72.8 Å². The Kier molecular flexibility index (Phi) is 10.7. The van der Waals surface area contributed by atoms with Crippen molar-refractivity contribution in [1.29, 1.82) is 0 Å². The Labute approximate surface area is 177 Å². The van der Waals surface area contributed by atoms with Crippen molar-refractivity contribution in [3.8, 4) is 0 Å². The van der Waals surface area contributed by atoms with E-state index in [1.165, 1.54) is 12.4 Å². The Balaban J connectivity index is 1.51. The smallest absolute Gasteiger partial charge is 0.240 e. The molecule has 6 nitrogen and oxygen atoms in total. The molecule has 2 rings (SSSR count). The van der Waals surface area contributed by atoms with Gasteiger partial charge in [0, 0.05) is 25.3 Å². The summed E-state index contributed by atoms with van der Waals surface area (Å²) < 4.78 is 0. The summed E-state index contributed by atoms with van der Waals surface area (Å²) in [4.78, 5) is 23.4. The van der Waals surface area contributed by atoms with E-state index < -0.39 is 0 Å². The van der Waals surface area contributed by atoms with Gasteiger partial charge in [-0.25, -0.2) is 10.9 Å². The number of rotatable bonds is 11. The molecular weight excluding hydrogens is 376 g/mol. The molecule has 2 aromatic carbocycles. The molecule has 0 radical (unpaired) electrons. The van der Waals surface area contributed by atoms with Gasteiger partial charge in [-0.3, -0.25) is 9.59 Å². The van der Waals surface area contributed by atoms with E-state index in [0.717, 1.165) is 11.1 Å². The third-order valence-corrected chi connectivity index (χ3v) is 3.93. The summed E-state index contributed by atoms with van der Waals surface area (Å²) in [6, 6.07) is 19.6. The molecule has 0 saturated carbocycles. The summed E-state index contributed by atoms with van der Waals surface area (Å²) >= 11 is 0. The van der Waals surface area contributed by atoms with Crippen molar-refractivity contribution >= 4 is 36.4 Å². The fraction of sp³-hybridized carbons (Fsp3) is 0.167. The molecule has 0 spiro atoms. The number of amides is 2. The molecule has 0 aliphatic carbocycles. The van der Waals surface area contributed by atoms with E-state index in [2.05, 4.69) is 21.1 Å². The number of hydrazone groups is 2. The molecule has 6 heteroatoms. The zero-order valence-corrected chi connectivity index (χ0v) is 16.8. The second kappa shape index (κ2) is 14.2. The van der Waals surface area contributed by atoms with Gasteiger partial charge in [-0.05, 0) is 36.1 Å². The number of carbonyl (C=O) groups excluding carboxylic acids is 2. The Morgan fingerprint density at radius 3 is 1.47 bits per heavy atom. The topological polar surface area (TPSA) is 82.9 Å². The maximum atomic E-state index is 11.7. The van der Waals surface area contributed by atoms with Crippen molar-refractivity contribution in [3.63, 3.8) is 0 Å². The molecule has 0 aliphatic rings. The van der Waals surface area contributed by atoms with Crippen LogP contribution in [0.4, 0.5) is 0 Å². The number of nitrogens with zero attached hydrogens (tertiary/aromatic N) is 2. The van der Waals surface area contributed by atoms with Crippen LogP contribution in [0.15, 0.2) is 83.0 Å². The number of carbonyl (C=O) groups is 2. The van der Waals surface area contributed by atoms with Gasteiger partial charge in [0.1, 0.15) is 0 Å². The summed E-state index contributed by atoms with van der Waals surface area (Å²) in [5.74, 6) is -0.354. The van der Waals surface area contributed by atoms with Crippen LogP contribution < -0.4 is 10.9 Å². The number of benzene rings is 2. The van der Waals surface area contributed by atoms with Crippen LogP contribution in [0.25, 0.3) is 12.2 Å². The molecule has 0 heterocycles.